The van der Waals surface area contributed by atoms with Crippen LogP contribution in [0, 0.1) is 13.8 Å². The average Bonchev–Trinajstić information content (AvgIpc) is 2.38. The van der Waals surface area contributed by atoms with Crippen LogP contribution in [0.5, 0.6) is 0 Å². The van der Waals surface area contributed by atoms with Crippen molar-refractivity contribution in [2.75, 3.05) is 18.9 Å². The van der Waals surface area contributed by atoms with Crippen molar-refractivity contribution in [3.05, 3.63) is 34.9 Å². The number of thioether (sulfide) groups is 1. The first-order chi connectivity index (χ1) is 9.56. The molecule has 2 atom stereocenters. The summed E-state index contributed by atoms with van der Waals surface area (Å²) in [6.45, 7) is 10.0. The van der Waals surface area contributed by atoms with Crippen LogP contribution in [0.25, 0.3) is 0 Å². The number of hydrogen-bond acceptors (Lipinski definition) is 3. The van der Waals surface area contributed by atoms with Gasteiger partial charge in [-0.1, -0.05) is 43.2 Å². The highest BCUT2D eigenvalue weighted by Gasteiger charge is 2.13. The zero-order valence-electron chi connectivity index (χ0n) is 13.3. The van der Waals surface area contributed by atoms with Gasteiger partial charge >= 0.3 is 0 Å². The third kappa shape index (κ3) is 6.29. The van der Waals surface area contributed by atoms with Gasteiger partial charge in [-0.2, -0.15) is 11.8 Å². The highest BCUT2D eigenvalue weighted by Crippen LogP contribution is 2.24. The quantitative estimate of drug-likeness (QED) is 0.726. The molecule has 0 heterocycles. The van der Waals surface area contributed by atoms with Crippen molar-refractivity contribution in [3.8, 4) is 0 Å². The minimum atomic E-state index is 0.283. The van der Waals surface area contributed by atoms with Gasteiger partial charge in [-0.25, -0.2) is 0 Å². The summed E-state index contributed by atoms with van der Waals surface area (Å²) in [5, 5.41) is 13.2. The highest BCUT2D eigenvalue weighted by molar-refractivity contribution is 7.99. The lowest BCUT2D eigenvalue weighted by molar-refractivity contribution is 0.289. The Labute approximate surface area is 128 Å². The molecular formula is C17H29NOS. The Morgan fingerprint density at radius 1 is 1.20 bits per heavy atom. The van der Waals surface area contributed by atoms with Crippen molar-refractivity contribution in [2.45, 2.75) is 51.8 Å². The van der Waals surface area contributed by atoms with Crippen LogP contribution >= 0.6 is 11.8 Å². The third-order valence-corrected chi connectivity index (χ3v) is 4.70. The molecule has 3 heteroatoms. The maximum Gasteiger partial charge on any atom is 0.0441 e. The summed E-state index contributed by atoms with van der Waals surface area (Å²) in [7, 11) is 0. The van der Waals surface area contributed by atoms with Gasteiger partial charge in [0.2, 0.25) is 0 Å². The number of nitrogens with one attached hydrogen (secondary N) is 1. The van der Waals surface area contributed by atoms with Gasteiger partial charge in [-0.3, -0.25) is 0 Å². The maximum absolute atomic E-state index is 9.00. The molecule has 0 aliphatic rings. The minimum absolute atomic E-state index is 0.283. The second kappa shape index (κ2) is 9.43. The van der Waals surface area contributed by atoms with Crippen molar-refractivity contribution >= 4 is 11.8 Å². The lowest BCUT2D eigenvalue weighted by Gasteiger charge is -2.21. The zero-order valence-corrected chi connectivity index (χ0v) is 14.1. The van der Waals surface area contributed by atoms with E-state index in [0.29, 0.717) is 11.3 Å². The monoisotopic (exact) mass is 295 g/mol. The normalized spacial score (nSPS) is 14.2. The Kier molecular flexibility index (Phi) is 8.27. The van der Waals surface area contributed by atoms with Gasteiger partial charge in [-0.05, 0) is 38.8 Å². The molecule has 2 nitrogen and oxygen atoms in total. The average molecular weight is 295 g/mol. The number of hydrogen-bond donors (Lipinski definition) is 2. The predicted octanol–water partition coefficient (Wildman–Crippen LogP) is 3.85. The van der Waals surface area contributed by atoms with Gasteiger partial charge in [-0.15, -0.1) is 0 Å². The first-order valence-corrected chi connectivity index (χ1v) is 8.65. The molecule has 114 valence electrons. The lowest BCUT2D eigenvalue weighted by atomic mass is 10.0. The van der Waals surface area contributed by atoms with Gasteiger partial charge in [0, 0.05) is 23.7 Å². The number of rotatable bonds is 9. The lowest BCUT2D eigenvalue weighted by Crippen LogP contribution is -2.25. The second-order valence-corrected chi connectivity index (χ2v) is 7.06. The predicted molar refractivity (Wildman–Crippen MR) is 90.6 cm³/mol. The fraction of sp³-hybridized carbons (Fsp3) is 0.647. The van der Waals surface area contributed by atoms with Crippen molar-refractivity contribution < 1.29 is 5.11 Å². The molecule has 0 spiro atoms. The molecule has 2 N–H and O–H groups in total. The summed E-state index contributed by atoms with van der Waals surface area (Å²) in [4.78, 5) is 0. The molecule has 0 amide bonds. The van der Waals surface area contributed by atoms with E-state index in [4.69, 9.17) is 5.11 Å². The van der Waals surface area contributed by atoms with Crippen LogP contribution in [0.3, 0.4) is 0 Å². The van der Waals surface area contributed by atoms with E-state index in [9.17, 15) is 0 Å². The SMILES string of the molecule is CCCNC(CSC(C)CCO)c1cc(C)cc(C)c1. The van der Waals surface area contributed by atoms with Gasteiger partial charge in [0.15, 0.2) is 0 Å². The first kappa shape index (κ1) is 17.5. The van der Waals surface area contributed by atoms with Gasteiger partial charge in [0.05, 0.1) is 0 Å². The molecule has 1 aromatic carbocycles. The van der Waals surface area contributed by atoms with E-state index in [1.807, 2.05) is 11.8 Å². The molecule has 0 aliphatic heterocycles. The van der Waals surface area contributed by atoms with Gasteiger partial charge < -0.3 is 10.4 Å². The Morgan fingerprint density at radius 3 is 2.40 bits per heavy atom. The fourth-order valence-electron chi connectivity index (χ4n) is 2.33. The summed E-state index contributed by atoms with van der Waals surface area (Å²) in [5.41, 5.74) is 4.05. The molecule has 1 rings (SSSR count). The van der Waals surface area contributed by atoms with Crippen LogP contribution in [0.2, 0.25) is 0 Å². The van der Waals surface area contributed by atoms with E-state index in [-0.39, 0.29) is 6.61 Å². The Bertz CT molecular complexity index is 374. The molecule has 1 aromatic rings. The summed E-state index contributed by atoms with van der Waals surface area (Å²) < 4.78 is 0. The van der Waals surface area contributed by atoms with E-state index in [1.165, 1.54) is 16.7 Å². The molecule has 0 fully saturated rings. The number of aliphatic hydroxyl groups excluding tert-OH is 1. The third-order valence-electron chi connectivity index (χ3n) is 3.37. The van der Waals surface area contributed by atoms with E-state index in [2.05, 4.69) is 51.2 Å². The molecule has 2 unspecified atom stereocenters. The topological polar surface area (TPSA) is 32.3 Å². The van der Waals surface area contributed by atoms with Gasteiger partial charge in [0.25, 0.3) is 0 Å². The highest BCUT2D eigenvalue weighted by atomic mass is 32.2. The van der Waals surface area contributed by atoms with E-state index in [0.717, 1.165) is 25.1 Å². The summed E-state index contributed by atoms with van der Waals surface area (Å²) >= 11 is 1.94. The van der Waals surface area contributed by atoms with Crippen molar-refractivity contribution in [2.24, 2.45) is 0 Å². The van der Waals surface area contributed by atoms with Crippen LogP contribution in [-0.4, -0.2) is 29.3 Å². The molecule has 20 heavy (non-hydrogen) atoms. The molecule has 0 bridgehead atoms. The zero-order chi connectivity index (χ0) is 15.0. The van der Waals surface area contributed by atoms with E-state index in [1.54, 1.807) is 0 Å². The van der Waals surface area contributed by atoms with Gasteiger partial charge in [0.1, 0.15) is 0 Å². The molecular weight excluding hydrogens is 266 g/mol. The fourth-order valence-corrected chi connectivity index (χ4v) is 3.43. The van der Waals surface area contributed by atoms with Crippen molar-refractivity contribution in [3.63, 3.8) is 0 Å². The van der Waals surface area contributed by atoms with Crippen molar-refractivity contribution in [1.82, 2.24) is 5.32 Å². The standard InChI is InChI=1S/C17H29NOS/c1-5-7-18-17(12-20-15(4)6-8-19)16-10-13(2)9-14(3)11-16/h9-11,15,17-19H,5-8,12H2,1-4H3. The molecule has 0 saturated heterocycles. The summed E-state index contributed by atoms with van der Waals surface area (Å²) in [6.07, 6.45) is 2.02. The number of aliphatic hydroxyl groups is 1. The molecule has 0 saturated carbocycles. The smallest absolute Gasteiger partial charge is 0.0441 e. The Balaban J connectivity index is 2.72. The molecule has 0 aromatic heterocycles. The van der Waals surface area contributed by atoms with Crippen LogP contribution in [-0.2, 0) is 0 Å². The van der Waals surface area contributed by atoms with E-state index >= 15 is 0 Å². The van der Waals surface area contributed by atoms with Crippen molar-refractivity contribution in [1.29, 1.82) is 0 Å². The number of benzene rings is 1. The maximum atomic E-state index is 9.00. The Hall–Kier alpha value is -0.510. The Morgan fingerprint density at radius 2 is 1.85 bits per heavy atom. The molecule has 0 aliphatic carbocycles. The van der Waals surface area contributed by atoms with Crippen LogP contribution in [0.15, 0.2) is 18.2 Å². The van der Waals surface area contributed by atoms with Crippen LogP contribution in [0.1, 0.15) is 49.4 Å². The summed E-state index contributed by atoms with van der Waals surface area (Å²) in [5.74, 6) is 1.06. The minimum Gasteiger partial charge on any atom is -0.396 e. The summed E-state index contributed by atoms with van der Waals surface area (Å²) in [6, 6.07) is 7.21. The number of aryl methyl sites for hydroxylation is 2. The first-order valence-electron chi connectivity index (χ1n) is 7.60. The van der Waals surface area contributed by atoms with Crippen LogP contribution in [0.4, 0.5) is 0 Å². The second-order valence-electron chi connectivity index (χ2n) is 5.58. The largest absolute Gasteiger partial charge is 0.396 e. The van der Waals surface area contributed by atoms with E-state index < -0.39 is 0 Å². The van der Waals surface area contributed by atoms with Crippen LogP contribution < -0.4 is 5.32 Å². The molecule has 0 radical (unpaired) electrons.